The number of hydrogen-bond acceptors (Lipinski definition) is 1. The van der Waals surface area contributed by atoms with Gasteiger partial charge in [0.05, 0.1) is 6.54 Å². The number of halogens is 1. The summed E-state index contributed by atoms with van der Waals surface area (Å²) in [5, 5.41) is 6.26. The predicted molar refractivity (Wildman–Crippen MR) is 75.5 cm³/mol. The van der Waals surface area contributed by atoms with E-state index >= 15 is 0 Å². The van der Waals surface area contributed by atoms with Crippen LogP contribution in [0.3, 0.4) is 0 Å². The van der Waals surface area contributed by atoms with Crippen molar-refractivity contribution < 1.29 is 4.39 Å². The number of benzene rings is 1. The van der Waals surface area contributed by atoms with Gasteiger partial charge >= 0.3 is 0 Å². The summed E-state index contributed by atoms with van der Waals surface area (Å²) in [6, 6.07) is 6.83. The van der Waals surface area contributed by atoms with Gasteiger partial charge in [-0.25, -0.2) is 4.39 Å². The Kier molecular flexibility index (Phi) is 4.06. The van der Waals surface area contributed by atoms with Crippen molar-refractivity contribution in [3.05, 3.63) is 35.6 Å². The van der Waals surface area contributed by atoms with Gasteiger partial charge in [-0.1, -0.05) is 18.1 Å². The molecule has 0 unspecified atom stereocenters. The van der Waals surface area contributed by atoms with Crippen LogP contribution in [0.1, 0.15) is 18.4 Å². The van der Waals surface area contributed by atoms with E-state index in [-0.39, 0.29) is 11.2 Å². The smallest absolute Gasteiger partial charge is 0.191 e. The fraction of sp³-hybridized carbons (Fsp3) is 0.400. The summed E-state index contributed by atoms with van der Waals surface area (Å²) in [4.78, 5) is 4.09. The van der Waals surface area contributed by atoms with E-state index in [1.807, 2.05) is 6.07 Å². The molecule has 0 aromatic heterocycles. The molecule has 0 spiro atoms. The Balaban J connectivity index is 1.97. The maximum atomic E-state index is 13.3. The van der Waals surface area contributed by atoms with Crippen molar-refractivity contribution in [3.8, 4) is 12.3 Å². The Morgan fingerprint density at radius 1 is 1.47 bits per heavy atom. The maximum Gasteiger partial charge on any atom is 0.191 e. The van der Waals surface area contributed by atoms with E-state index in [1.54, 1.807) is 19.2 Å². The first-order valence-corrected chi connectivity index (χ1v) is 6.34. The van der Waals surface area contributed by atoms with Crippen LogP contribution >= 0.6 is 0 Å². The third-order valence-corrected chi connectivity index (χ3v) is 3.47. The Labute approximate surface area is 113 Å². The number of hydrogen-bond donors (Lipinski definition) is 2. The van der Waals surface area contributed by atoms with Crippen molar-refractivity contribution in [2.24, 2.45) is 4.99 Å². The first-order valence-electron chi connectivity index (χ1n) is 6.34. The number of nitrogens with one attached hydrogen (secondary N) is 2. The first-order chi connectivity index (χ1) is 9.20. The van der Waals surface area contributed by atoms with Crippen molar-refractivity contribution in [1.82, 2.24) is 10.6 Å². The third kappa shape index (κ3) is 3.25. The van der Waals surface area contributed by atoms with Crippen molar-refractivity contribution in [2.75, 3.05) is 20.1 Å². The van der Waals surface area contributed by atoms with E-state index in [1.165, 1.54) is 6.07 Å². The highest BCUT2D eigenvalue weighted by molar-refractivity contribution is 5.80. The van der Waals surface area contributed by atoms with Crippen LogP contribution in [0.25, 0.3) is 0 Å². The van der Waals surface area contributed by atoms with Gasteiger partial charge in [0.25, 0.3) is 0 Å². The van der Waals surface area contributed by atoms with Gasteiger partial charge < -0.3 is 10.6 Å². The number of nitrogens with zero attached hydrogens (tertiary/aromatic N) is 1. The van der Waals surface area contributed by atoms with Gasteiger partial charge in [0.15, 0.2) is 5.96 Å². The van der Waals surface area contributed by atoms with Crippen LogP contribution in [0, 0.1) is 18.2 Å². The summed E-state index contributed by atoms with van der Waals surface area (Å²) in [5.74, 6) is 3.00. The number of guanidine groups is 1. The number of terminal acetylenes is 1. The van der Waals surface area contributed by atoms with Crippen LogP contribution in [0.5, 0.6) is 0 Å². The minimum atomic E-state index is -0.182. The fourth-order valence-electron chi connectivity index (χ4n) is 2.15. The average Bonchev–Trinajstić information content (AvgIpc) is 3.20. The van der Waals surface area contributed by atoms with Gasteiger partial charge in [-0.3, -0.25) is 4.99 Å². The molecule has 4 heteroatoms. The summed E-state index contributed by atoms with van der Waals surface area (Å²) in [6.07, 6.45) is 7.33. The molecular formula is C15H18FN3. The van der Waals surface area contributed by atoms with E-state index in [4.69, 9.17) is 6.42 Å². The minimum absolute atomic E-state index is 0.0376. The normalized spacial score (nSPS) is 16.6. The van der Waals surface area contributed by atoms with Crippen LogP contribution in [0.4, 0.5) is 4.39 Å². The quantitative estimate of drug-likeness (QED) is 0.490. The SMILES string of the molecule is C#CCNC(=NC)NCC1(c2cccc(F)c2)CC1. The second kappa shape index (κ2) is 5.75. The van der Waals surface area contributed by atoms with E-state index in [9.17, 15) is 4.39 Å². The summed E-state index contributed by atoms with van der Waals surface area (Å²) in [5.41, 5.74) is 1.09. The predicted octanol–water partition coefficient (Wildman–Crippen LogP) is 1.66. The Hall–Kier alpha value is -2.02. The van der Waals surface area contributed by atoms with Crippen LogP contribution < -0.4 is 10.6 Å². The molecule has 0 radical (unpaired) electrons. The molecule has 0 saturated heterocycles. The molecule has 19 heavy (non-hydrogen) atoms. The maximum absolute atomic E-state index is 13.3. The molecule has 100 valence electrons. The topological polar surface area (TPSA) is 36.4 Å². The fourth-order valence-corrected chi connectivity index (χ4v) is 2.15. The molecule has 0 bridgehead atoms. The second-order valence-corrected chi connectivity index (χ2v) is 4.77. The van der Waals surface area contributed by atoms with Crippen molar-refractivity contribution in [2.45, 2.75) is 18.3 Å². The lowest BCUT2D eigenvalue weighted by atomic mass is 9.96. The van der Waals surface area contributed by atoms with E-state index in [0.717, 1.165) is 24.9 Å². The van der Waals surface area contributed by atoms with Gasteiger partial charge in [-0.05, 0) is 30.5 Å². The molecule has 1 aliphatic rings. The highest BCUT2D eigenvalue weighted by Crippen LogP contribution is 2.47. The van der Waals surface area contributed by atoms with Gasteiger partial charge in [-0.2, -0.15) is 0 Å². The van der Waals surface area contributed by atoms with Crippen LogP contribution in [0.15, 0.2) is 29.3 Å². The largest absolute Gasteiger partial charge is 0.355 e. The molecule has 1 aliphatic carbocycles. The van der Waals surface area contributed by atoms with Gasteiger partial charge in [0.2, 0.25) is 0 Å². The lowest BCUT2D eigenvalue weighted by Crippen LogP contribution is -2.41. The monoisotopic (exact) mass is 259 g/mol. The number of rotatable bonds is 4. The van der Waals surface area contributed by atoms with Crippen LogP contribution in [0.2, 0.25) is 0 Å². The standard InChI is InChI=1S/C15H18FN3/c1-3-9-18-14(17-2)19-11-15(7-8-15)12-5-4-6-13(16)10-12/h1,4-6,10H,7-9,11H2,2H3,(H2,17,18,19). The summed E-state index contributed by atoms with van der Waals surface area (Å²) < 4.78 is 13.3. The molecule has 0 amide bonds. The molecule has 0 atom stereocenters. The minimum Gasteiger partial charge on any atom is -0.355 e. The summed E-state index contributed by atoms with van der Waals surface area (Å²) >= 11 is 0. The molecule has 3 nitrogen and oxygen atoms in total. The highest BCUT2D eigenvalue weighted by atomic mass is 19.1. The van der Waals surface area contributed by atoms with E-state index in [0.29, 0.717) is 12.5 Å². The highest BCUT2D eigenvalue weighted by Gasteiger charge is 2.44. The zero-order valence-electron chi connectivity index (χ0n) is 11.0. The summed E-state index contributed by atoms with van der Waals surface area (Å²) in [7, 11) is 1.70. The van der Waals surface area contributed by atoms with Crippen LogP contribution in [-0.2, 0) is 5.41 Å². The zero-order valence-corrected chi connectivity index (χ0v) is 11.0. The number of aliphatic imine (C=N–C) groups is 1. The van der Waals surface area contributed by atoms with Crippen molar-refractivity contribution in [1.29, 1.82) is 0 Å². The molecule has 1 saturated carbocycles. The van der Waals surface area contributed by atoms with Crippen molar-refractivity contribution >= 4 is 5.96 Å². The molecule has 0 aliphatic heterocycles. The zero-order chi connectivity index (χ0) is 13.7. The molecule has 1 fully saturated rings. The molecule has 2 rings (SSSR count). The van der Waals surface area contributed by atoms with E-state index in [2.05, 4.69) is 21.5 Å². The Morgan fingerprint density at radius 3 is 2.84 bits per heavy atom. The molecular weight excluding hydrogens is 241 g/mol. The van der Waals surface area contributed by atoms with Crippen molar-refractivity contribution in [3.63, 3.8) is 0 Å². The third-order valence-electron chi connectivity index (χ3n) is 3.47. The molecule has 2 N–H and O–H groups in total. The van der Waals surface area contributed by atoms with Gasteiger partial charge in [0.1, 0.15) is 5.82 Å². The first kappa shape index (κ1) is 13.4. The molecule has 1 aromatic rings. The molecule has 0 heterocycles. The molecule has 1 aromatic carbocycles. The van der Waals surface area contributed by atoms with Gasteiger partial charge in [-0.15, -0.1) is 6.42 Å². The lowest BCUT2D eigenvalue weighted by Gasteiger charge is -2.18. The Morgan fingerprint density at radius 2 is 2.26 bits per heavy atom. The average molecular weight is 259 g/mol. The van der Waals surface area contributed by atoms with E-state index < -0.39 is 0 Å². The Bertz CT molecular complexity index is 512. The van der Waals surface area contributed by atoms with Crippen LogP contribution in [-0.4, -0.2) is 26.1 Å². The second-order valence-electron chi connectivity index (χ2n) is 4.77. The lowest BCUT2D eigenvalue weighted by molar-refractivity contribution is 0.608. The van der Waals surface area contributed by atoms with Gasteiger partial charge in [0, 0.05) is 19.0 Å². The summed E-state index contributed by atoms with van der Waals surface area (Å²) in [6.45, 7) is 1.17.